The molecule has 0 saturated heterocycles. The summed E-state index contributed by atoms with van der Waals surface area (Å²) in [6, 6.07) is 12.6. The number of fused-ring (bicyclic) bond motifs is 1. The number of benzene rings is 1. The fourth-order valence-corrected chi connectivity index (χ4v) is 2.86. The minimum Gasteiger partial charge on any atom is -0.325 e. The lowest BCUT2D eigenvalue weighted by Gasteiger charge is -2.07. The standard InChI is InChI=1S/C17H18BrN3/c1-11(2)12-3-5-13(6-4-12)17-15(9-19)21-10-14(18)7-8-16(21)20-17/h3-8,10-11H,9,19H2,1-2H3. The van der Waals surface area contributed by atoms with Gasteiger partial charge in [0.05, 0.1) is 11.4 Å². The molecule has 21 heavy (non-hydrogen) atoms. The predicted octanol–water partition coefficient (Wildman–Crippen LogP) is 4.35. The van der Waals surface area contributed by atoms with E-state index in [-0.39, 0.29) is 0 Å². The molecular formula is C17H18BrN3. The fourth-order valence-electron chi connectivity index (χ4n) is 2.52. The summed E-state index contributed by atoms with van der Waals surface area (Å²) in [5, 5.41) is 0. The van der Waals surface area contributed by atoms with Crippen LogP contribution in [0.4, 0.5) is 0 Å². The number of aromatic nitrogens is 2. The molecule has 0 aliphatic carbocycles. The zero-order valence-electron chi connectivity index (χ0n) is 12.2. The number of pyridine rings is 1. The van der Waals surface area contributed by atoms with Gasteiger partial charge in [0.1, 0.15) is 5.65 Å². The molecule has 4 heteroatoms. The van der Waals surface area contributed by atoms with Crippen molar-refractivity contribution >= 4 is 21.6 Å². The Bertz CT molecular complexity index is 773. The summed E-state index contributed by atoms with van der Waals surface area (Å²) in [5.74, 6) is 0.532. The third-order valence-corrected chi connectivity index (χ3v) is 4.19. The summed E-state index contributed by atoms with van der Waals surface area (Å²) >= 11 is 3.50. The smallest absolute Gasteiger partial charge is 0.137 e. The SMILES string of the molecule is CC(C)c1ccc(-c2nc3ccc(Br)cn3c2CN)cc1. The highest BCUT2D eigenvalue weighted by molar-refractivity contribution is 9.10. The van der Waals surface area contributed by atoms with Gasteiger partial charge in [0.2, 0.25) is 0 Å². The second-order valence-corrected chi connectivity index (χ2v) is 6.38. The van der Waals surface area contributed by atoms with Crippen molar-refractivity contribution in [2.45, 2.75) is 26.3 Å². The number of halogens is 1. The molecule has 0 aliphatic heterocycles. The highest BCUT2D eigenvalue weighted by Gasteiger charge is 2.13. The summed E-state index contributed by atoms with van der Waals surface area (Å²) < 4.78 is 3.07. The van der Waals surface area contributed by atoms with Crippen LogP contribution in [0.2, 0.25) is 0 Å². The number of imidazole rings is 1. The van der Waals surface area contributed by atoms with Crippen LogP contribution in [0.1, 0.15) is 31.0 Å². The molecule has 3 rings (SSSR count). The summed E-state index contributed by atoms with van der Waals surface area (Å²) in [6.45, 7) is 4.85. The lowest BCUT2D eigenvalue weighted by Crippen LogP contribution is -2.02. The van der Waals surface area contributed by atoms with Gasteiger partial charge in [-0.3, -0.25) is 0 Å². The highest BCUT2D eigenvalue weighted by Crippen LogP contribution is 2.27. The van der Waals surface area contributed by atoms with E-state index in [9.17, 15) is 0 Å². The molecule has 108 valence electrons. The Labute approximate surface area is 132 Å². The zero-order chi connectivity index (χ0) is 15.0. The van der Waals surface area contributed by atoms with Crippen LogP contribution in [0.3, 0.4) is 0 Å². The quantitative estimate of drug-likeness (QED) is 0.768. The second-order valence-electron chi connectivity index (χ2n) is 5.46. The Kier molecular flexibility index (Phi) is 3.83. The van der Waals surface area contributed by atoms with Crippen molar-refractivity contribution in [1.29, 1.82) is 0 Å². The van der Waals surface area contributed by atoms with Crippen LogP contribution in [0, 0.1) is 0 Å². The molecule has 0 bridgehead atoms. The molecule has 1 aromatic carbocycles. The maximum absolute atomic E-state index is 5.95. The maximum Gasteiger partial charge on any atom is 0.137 e. The molecular weight excluding hydrogens is 326 g/mol. The van der Waals surface area contributed by atoms with Crippen molar-refractivity contribution in [3.05, 3.63) is 58.3 Å². The number of hydrogen-bond donors (Lipinski definition) is 1. The summed E-state index contributed by atoms with van der Waals surface area (Å²) in [5.41, 5.74) is 11.3. The van der Waals surface area contributed by atoms with Crippen molar-refractivity contribution in [1.82, 2.24) is 9.38 Å². The number of rotatable bonds is 3. The first kappa shape index (κ1) is 14.3. The van der Waals surface area contributed by atoms with E-state index in [1.165, 1.54) is 5.56 Å². The van der Waals surface area contributed by atoms with Crippen molar-refractivity contribution < 1.29 is 0 Å². The molecule has 0 atom stereocenters. The highest BCUT2D eigenvalue weighted by atomic mass is 79.9. The minimum absolute atomic E-state index is 0.457. The van der Waals surface area contributed by atoms with E-state index in [1.54, 1.807) is 0 Å². The molecule has 0 aliphatic rings. The lowest BCUT2D eigenvalue weighted by atomic mass is 10.0. The van der Waals surface area contributed by atoms with Crippen molar-refractivity contribution in [2.75, 3.05) is 0 Å². The van der Waals surface area contributed by atoms with Crippen molar-refractivity contribution in [3.8, 4) is 11.3 Å². The van der Waals surface area contributed by atoms with E-state index in [1.807, 2.05) is 18.3 Å². The first-order valence-corrected chi connectivity index (χ1v) is 7.86. The van der Waals surface area contributed by atoms with Crippen LogP contribution in [0.25, 0.3) is 16.9 Å². The fraction of sp³-hybridized carbons (Fsp3) is 0.235. The maximum atomic E-state index is 5.95. The van der Waals surface area contributed by atoms with Gasteiger partial charge in [-0.15, -0.1) is 0 Å². The molecule has 0 unspecified atom stereocenters. The van der Waals surface area contributed by atoms with E-state index in [4.69, 9.17) is 10.7 Å². The molecule has 0 saturated carbocycles. The van der Waals surface area contributed by atoms with Gasteiger partial charge in [0, 0.05) is 22.8 Å². The Hall–Kier alpha value is -1.65. The van der Waals surface area contributed by atoms with Gasteiger partial charge in [-0.05, 0) is 39.5 Å². The first-order valence-electron chi connectivity index (χ1n) is 7.07. The Morgan fingerprint density at radius 3 is 2.48 bits per heavy atom. The van der Waals surface area contributed by atoms with Gasteiger partial charge in [-0.25, -0.2) is 4.98 Å². The summed E-state index contributed by atoms with van der Waals surface area (Å²) in [4.78, 5) is 4.73. The molecule has 0 fully saturated rings. The Morgan fingerprint density at radius 1 is 1.14 bits per heavy atom. The van der Waals surface area contributed by atoms with Gasteiger partial charge >= 0.3 is 0 Å². The largest absolute Gasteiger partial charge is 0.325 e. The van der Waals surface area contributed by atoms with Crippen LogP contribution in [0.5, 0.6) is 0 Å². The predicted molar refractivity (Wildman–Crippen MR) is 90.3 cm³/mol. The van der Waals surface area contributed by atoms with Gasteiger partial charge < -0.3 is 10.1 Å². The Balaban J connectivity index is 2.15. The molecule has 2 N–H and O–H groups in total. The number of nitrogens with two attached hydrogens (primary N) is 1. The average Bonchev–Trinajstić information content (AvgIpc) is 2.85. The van der Waals surface area contributed by atoms with Crippen LogP contribution in [-0.4, -0.2) is 9.38 Å². The van der Waals surface area contributed by atoms with Crippen LogP contribution < -0.4 is 5.73 Å². The molecule has 3 aromatic rings. The third-order valence-electron chi connectivity index (χ3n) is 3.73. The van der Waals surface area contributed by atoms with Gasteiger partial charge in [0.25, 0.3) is 0 Å². The van der Waals surface area contributed by atoms with Gasteiger partial charge in [-0.1, -0.05) is 38.1 Å². The van der Waals surface area contributed by atoms with E-state index in [0.717, 1.165) is 27.1 Å². The summed E-state index contributed by atoms with van der Waals surface area (Å²) in [6.07, 6.45) is 2.01. The van der Waals surface area contributed by atoms with E-state index in [0.29, 0.717) is 12.5 Å². The van der Waals surface area contributed by atoms with Gasteiger partial charge in [-0.2, -0.15) is 0 Å². The normalized spacial score (nSPS) is 11.5. The lowest BCUT2D eigenvalue weighted by molar-refractivity contribution is 0.867. The van der Waals surface area contributed by atoms with Crippen LogP contribution >= 0.6 is 15.9 Å². The second kappa shape index (κ2) is 5.62. The van der Waals surface area contributed by atoms with E-state index in [2.05, 4.69) is 58.4 Å². The monoisotopic (exact) mass is 343 g/mol. The molecule has 2 heterocycles. The number of hydrogen-bond acceptors (Lipinski definition) is 2. The molecule has 0 spiro atoms. The Morgan fingerprint density at radius 2 is 1.86 bits per heavy atom. The third kappa shape index (κ3) is 2.61. The number of nitrogens with zero attached hydrogens (tertiary/aromatic N) is 2. The minimum atomic E-state index is 0.457. The van der Waals surface area contributed by atoms with Crippen LogP contribution in [0.15, 0.2) is 47.1 Å². The van der Waals surface area contributed by atoms with Gasteiger partial charge in [0.15, 0.2) is 0 Å². The first-order chi connectivity index (χ1) is 10.1. The molecule has 0 radical (unpaired) electrons. The van der Waals surface area contributed by atoms with Crippen molar-refractivity contribution in [2.24, 2.45) is 5.73 Å². The zero-order valence-corrected chi connectivity index (χ0v) is 13.8. The van der Waals surface area contributed by atoms with Crippen LogP contribution in [-0.2, 0) is 6.54 Å². The van der Waals surface area contributed by atoms with E-state index < -0.39 is 0 Å². The van der Waals surface area contributed by atoms with Crippen molar-refractivity contribution in [3.63, 3.8) is 0 Å². The molecule has 2 aromatic heterocycles. The average molecular weight is 344 g/mol. The summed E-state index contributed by atoms with van der Waals surface area (Å²) in [7, 11) is 0. The van der Waals surface area contributed by atoms with E-state index >= 15 is 0 Å². The molecule has 0 amide bonds. The molecule has 3 nitrogen and oxygen atoms in total. The topological polar surface area (TPSA) is 43.3 Å².